The van der Waals surface area contributed by atoms with E-state index in [1.54, 1.807) is 7.11 Å². The third-order valence-electron chi connectivity index (χ3n) is 2.98. The maximum atomic E-state index is 5.79. The predicted molar refractivity (Wildman–Crippen MR) is 69.4 cm³/mol. The number of rotatable bonds is 4. The fourth-order valence-electron chi connectivity index (χ4n) is 1.95. The van der Waals surface area contributed by atoms with Gasteiger partial charge in [0.05, 0.1) is 13.1 Å². The maximum Gasteiger partial charge on any atom is 0.124 e. The number of alkyl halides is 1. The topological polar surface area (TPSA) is 12.5 Å². The van der Waals surface area contributed by atoms with Crippen LogP contribution in [0.1, 0.15) is 22.3 Å². The van der Waals surface area contributed by atoms with Gasteiger partial charge >= 0.3 is 0 Å². The van der Waals surface area contributed by atoms with Crippen LogP contribution in [-0.4, -0.2) is 25.1 Å². The van der Waals surface area contributed by atoms with Crippen molar-refractivity contribution in [2.24, 2.45) is 0 Å². The van der Waals surface area contributed by atoms with Gasteiger partial charge < -0.3 is 4.74 Å². The van der Waals surface area contributed by atoms with E-state index in [1.165, 1.54) is 22.3 Å². The van der Waals surface area contributed by atoms with E-state index in [0.29, 0.717) is 6.00 Å². The van der Waals surface area contributed by atoms with Gasteiger partial charge in [0, 0.05) is 6.54 Å². The molecule has 0 spiro atoms. The molecule has 0 aromatic heterocycles. The SMILES string of the molecule is COc1c(C)cc(CN(C)CCl)c(C)c1C. The second-order valence-electron chi connectivity index (χ2n) is 4.27. The summed E-state index contributed by atoms with van der Waals surface area (Å²) in [6, 6.07) is 2.73. The molecule has 0 amide bonds. The monoisotopic (exact) mass is 241 g/mol. The van der Waals surface area contributed by atoms with Crippen LogP contribution in [0, 0.1) is 20.8 Å². The van der Waals surface area contributed by atoms with Gasteiger partial charge in [-0.15, -0.1) is 11.6 Å². The zero-order chi connectivity index (χ0) is 12.3. The molecule has 0 saturated carbocycles. The third-order valence-corrected chi connectivity index (χ3v) is 3.39. The molecule has 2 nitrogen and oxygen atoms in total. The third kappa shape index (κ3) is 2.69. The molecule has 1 aromatic carbocycles. The Labute approximate surface area is 103 Å². The van der Waals surface area contributed by atoms with E-state index >= 15 is 0 Å². The van der Waals surface area contributed by atoms with Crippen LogP contribution < -0.4 is 4.74 Å². The van der Waals surface area contributed by atoms with Crippen molar-refractivity contribution in [1.29, 1.82) is 0 Å². The summed E-state index contributed by atoms with van der Waals surface area (Å²) in [5.41, 5.74) is 5.02. The van der Waals surface area contributed by atoms with Gasteiger partial charge in [-0.3, -0.25) is 4.90 Å². The number of nitrogens with zero attached hydrogens (tertiary/aromatic N) is 1. The van der Waals surface area contributed by atoms with E-state index < -0.39 is 0 Å². The highest BCUT2D eigenvalue weighted by Crippen LogP contribution is 2.28. The molecular formula is C13H20ClNO. The van der Waals surface area contributed by atoms with Gasteiger partial charge in [0.2, 0.25) is 0 Å². The quantitative estimate of drug-likeness (QED) is 0.593. The fraction of sp³-hybridized carbons (Fsp3) is 0.538. The lowest BCUT2D eigenvalue weighted by Gasteiger charge is -2.19. The summed E-state index contributed by atoms with van der Waals surface area (Å²) >= 11 is 5.79. The van der Waals surface area contributed by atoms with E-state index in [4.69, 9.17) is 16.3 Å². The smallest absolute Gasteiger partial charge is 0.124 e. The number of ether oxygens (including phenoxy) is 1. The van der Waals surface area contributed by atoms with E-state index in [-0.39, 0.29) is 0 Å². The lowest BCUT2D eigenvalue weighted by atomic mass is 9.98. The van der Waals surface area contributed by atoms with Gasteiger partial charge in [-0.05, 0) is 50.1 Å². The van der Waals surface area contributed by atoms with Crippen molar-refractivity contribution in [3.63, 3.8) is 0 Å². The van der Waals surface area contributed by atoms with Crippen LogP contribution >= 0.6 is 11.6 Å². The van der Waals surface area contributed by atoms with Gasteiger partial charge in [-0.2, -0.15) is 0 Å². The molecular weight excluding hydrogens is 222 g/mol. The van der Waals surface area contributed by atoms with Crippen LogP contribution in [0.15, 0.2) is 6.07 Å². The van der Waals surface area contributed by atoms with Crippen LogP contribution in [-0.2, 0) is 6.54 Å². The largest absolute Gasteiger partial charge is 0.496 e. The first-order chi connectivity index (χ1) is 7.51. The van der Waals surface area contributed by atoms with E-state index in [2.05, 4.69) is 31.7 Å². The molecule has 3 heteroatoms. The van der Waals surface area contributed by atoms with Crippen molar-refractivity contribution in [3.05, 3.63) is 28.3 Å². The summed E-state index contributed by atoms with van der Waals surface area (Å²) in [7, 11) is 3.74. The van der Waals surface area contributed by atoms with Crippen molar-refractivity contribution >= 4 is 11.6 Å². The maximum absolute atomic E-state index is 5.79. The summed E-state index contributed by atoms with van der Waals surface area (Å²) in [4.78, 5) is 2.08. The molecule has 0 fully saturated rings. The zero-order valence-corrected chi connectivity index (χ0v) is 11.5. The molecule has 0 saturated heterocycles. The molecule has 0 aliphatic heterocycles. The minimum Gasteiger partial charge on any atom is -0.496 e. The molecule has 0 aliphatic carbocycles. The number of methoxy groups -OCH3 is 1. The number of halogens is 1. The Bertz CT molecular complexity index is 377. The Morgan fingerprint density at radius 1 is 1.25 bits per heavy atom. The Morgan fingerprint density at radius 2 is 1.88 bits per heavy atom. The van der Waals surface area contributed by atoms with Gasteiger partial charge in [0.15, 0.2) is 0 Å². The van der Waals surface area contributed by atoms with Crippen molar-refractivity contribution < 1.29 is 4.74 Å². The molecule has 0 atom stereocenters. The van der Waals surface area contributed by atoms with Crippen LogP contribution in [0.25, 0.3) is 0 Å². The highest BCUT2D eigenvalue weighted by atomic mass is 35.5. The number of aryl methyl sites for hydroxylation is 1. The molecule has 0 unspecified atom stereocenters. The first-order valence-corrected chi connectivity index (χ1v) is 5.92. The van der Waals surface area contributed by atoms with Gasteiger partial charge in [-0.25, -0.2) is 0 Å². The number of hydrogen-bond donors (Lipinski definition) is 0. The van der Waals surface area contributed by atoms with Crippen LogP contribution in [0.2, 0.25) is 0 Å². The van der Waals surface area contributed by atoms with Crippen LogP contribution in [0.5, 0.6) is 5.75 Å². The average molecular weight is 242 g/mol. The lowest BCUT2D eigenvalue weighted by Crippen LogP contribution is -2.16. The first kappa shape index (κ1) is 13.3. The second-order valence-corrected chi connectivity index (χ2v) is 4.51. The molecule has 0 heterocycles. The molecule has 0 N–H and O–H groups in total. The van der Waals surface area contributed by atoms with E-state index in [1.807, 2.05) is 7.05 Å². The van der Waals surface area contributed by atoms with Crippen LogP contribution in [0.4, 0.5) is 0 Å². The standard InChI is InChI=1S/C13H20ClNO/c1-9-6-12(7-15(4)8-14)10(2)11(3)13(9)16-5/h6H,7-8H2,1-5H3. The summed E-state index contributed by atoms with van der Waals surface area (Å²) in [5, 5.41) is 0. The summed E-state index contributed by atoms with van der Waals surface area (Å²) in [6.45, 7) is 7.19. The lowest BCUT2D eigenvalue weighted by molar-refractivity contribution is 0.379. The van der Waals surface area contributed by atoms with Crippen molar-refractivity contribution in [1.82, 2.24) is 4.90 Å². The number of hydrogen-bond acceptors (Lipinski definition) is 2. The Morgan fingerprint density at radius 3 is 2.38 bits per heavy atom. The van der Waals surface area contributed by atoms with Crippen molar-refractivity contribution in [3.8, 4) is 5.75 Å². The molecule has 0 radical (unpaired) electrons. The summed E-state index contributed by atoms with van der Waals surface area (Å²) in [5.74, 6) is 0.995. The molecule has 0 bridgehead atoms. The summed E-state index contributed by atoms with van der Waals surface area (Å²) in [6.07, 6.45) is 0. The van der Waals surface area contributed by atoms with Gasteiger partial charge in [-0.1, -0.05) is 6.07 Å². The zero-order valence-electron chi connectivity index (χ0n) is 10.7. The highest BCUT2D eigenvalue weighted by molar-refractivity contribution is 6.17. The van der Waals surface area contributed by atoms with Crippen LogP contribution in [0.3, 0.4) is 0 Å². The normalized spacial score (nSPS) is 10.9. The predicted octanol–water partition coefficient (Wildman–Crippen LogP) is 3.25. The average Bonchev–Trinajstić information content (AvgIpc) is 2.26. The Balaban J connectivity index is 3.13. The van der Waals surface area contributed by atoms with E-state index in [0.717, 1.165) is 12.3 Å². The van der Waals surface area contributed by atoms with Gasteiger partial charge in [0.1, 0.15) is 5.75 Å². The first-order valence-electron chi connectivity index (χ1n) is 5.39. The second kappa shape index (κ2) is 5.55. The molecule has 16 heavy (non-hydrogen) atoms. The molecule has 1 rings (SSSR count). The Hall–Kier alpha value is -0.730. The van der Waals surface area contributed by atoms with Crippen molar-refractivity contribution in [2.75, 3.05) is 20.2 Å². The van der Waals surface area contributed by atoms with Crippen molar-refractivity contribution in [2.45, 2.75) is 27.3 Å². The minimum atomic E-state index is 0.545. The van der Waals surface area contributed by atoms with E-state index in [9.17, 15) is 0 Å². The highest BCUT2D eigenvalue weighted by Gasteiger charge is 2.11. The number of benzene rings is 1. The Kier molecular flexibility index (Phi) is 4.63. The van der Waals surface area contributed by atoms with Gasteiger partial charge in [0.25, 0.3) is 0 Å². The fourth-order valence-corrected chi connectivity index (χ4v) is 2.04. The molecule has 1 aromatic rings. The minimum absolute atomic E-state index is 0.545. The molecule has 90 valence electrons. The summed E-state index contributed by atoms with van der Waals surface area (Å²) < 4.78 is 5.40. The molecule has 0 aliphatic rings.